The Kier molecular flexibility index (Phi) is 4.42. The molecule has 1 rings (SSSR count). The largest absolute Gasteiger partial charge is 0.330 e. The van der Waals surface area contributed by atoms with E-state index in [0.29, 0.717) is 13.0 Å². The fraction of sp³-hybridized carbons (Fsp3) is 0.700. The number of Topliss-reactive ketones (excluding diaryl/α,β-unsaturated/α-hetero) is 1. The van der Waals surface area contributed by atoms with E-state index >= 15 is 0 Å². The molecule has 1 unspecified atom stereocenters. The Labute approximate surface area is 89.7 Å². The van der Waals surface area contributed by atoms with Gasteiger partial charge in [0.2, 0.25) is 0 Å². The highest BCUT2D eigenvalue weighted by atomic mass is 16.1. The number of rotatable bonds is 6. The maximum Gasteiger partial charge on any atom is 0.143 e. The van der Waals surface area contributed by atoms with Gasteiger partial charge >= 0.3 is 0 Å². The van der Waals surface area contributed by atoms with Gasteiger partial charge in [0.1, 0.15) is 17.9 Å². The average molecular weight is 210 g/mol. The number of nitrogens with two attached hydrogens (primary N) is 1. The van der Waals surface area contributed by atoms with E-state index in [4.69, 9.17) is 5.73 Å². The van der Waals surface area contributed by atoms with Gasteiger partial charge in [0.25, 0.3) is 0 Å². The van der Waals surface area contributed by atoms with E-state index in [0.717, 1.165) is 18.8 Å². The molecular weight excluding hydrogens is 192 g/mol. The fourth-order valence-electron chi connectivity index (χ4n) is 1.43. The minimum atomic E-state index is 0.0111. The third kappa shape index (κ3) is 3.13. The van der Waals surface area contributed by atoms with Gasteiger partial charge in [-0.05, 0) is 19.9 Å². The number of carbonyl (C=O) groups is 1. The van der Waals surface area contributed by atoms with Crippen LogP contribution in [0.1, 0.15) is 26.1 Å². The molecule has 0 amide bonds. The summed E-state index contributed by atoms with van der Waals surface area (Å²) in [6, 6.07) is 0. The number of hydrogen-bond donors (Lipinski definition) is 1. The summed E-state index contributed by atoms with van der Waals surface area (Å²) < 4.78 is 1.74. The second-order valence-corrected chi connectivity index (χ2v) is 3.61. The summed E-state index contributed by atoms with van der Waals surface area (Å²) in [5.41, 5.74) is 5.41. The van der Waals surface area contributed by atoms with Crippen LogP contribution >= 0.6 is 0 Å². The van der Waals surface area contributed by atoms with Gasteiger partial charge < -0.3 is 5.73 Å². The molecule has 0 fully saturated rings. The van der Waals surface area contributed by atoms with Crippen molar-refractivity contribution in [1.82, 2.24) is 14.8 Å². The average Bonchev–Trinajstić information content (AvgIpc) is 2.65. The van der Waals surface area contributed by atoms with E-state index in [1.807, 2.05) is 13.8 Å². The second-order valence-electron chi connectivity index (χ2n) is 3.61. The minimum absolute atomic E-state index is 0.0111. The Hall–Kier alpha value is -1.23. The standard InChI is InChI=1S/C10H18N4O/c1-3-14-10(12-7-13-14)6-9(15)8(2)4-5-11/h7-8H,3-6,11H2,1-2H3. The van der Waals surface area contributed by atoms with Crippen LogP contribution in [0.25, 0.3) is 0 Å². The molecule has 0 aliphatic heterocycles. The van der Waals surface area contributed by atoms with E-state index in [9.17, 15) is 4.79 Å². The molecule has 1 aromatic rings. The third-order valence-electron chi connectivity index (χ3n) is 2.48. The zero-order valence-electron chi connectivity index (χ0n) is 9.31. The Morgan fingerprint density at radius 3 is 3.00 bits per heavy atom. The highest BCUT2D eigenvalue weighted by Crippen LogP contribution is 2.06. The van der Waals surface area contributed by atoms with E-state index in [2.05, 4.69) is 10.1 Å². The molecule has 1 aromatic heterocycles. The van der Waals surface area contributed by atoms with Crippen LogP contribution in [-0.2, 0) is 17.8 Å². The Balaban J connectivity index is 2.58. The monoisotopic (exact) mass is 210 g/mol. The van der Waals surface area contributed by atoms with E-state index in [1.165, 1.54) is 6.33 Å². The van der Waals surface area contributed by atoms with Gasteiger partial charge in [0, 0.05) is 12.5 Å². The Morgan fingerprint density at radius 1 is 1.67 bits per heavy atom. The summed E-state index contributed by atoms with van der Waals surface area (Å²) in [4.78, 5) is 15.8. The van der Waals surface area contributed by atoms with Crippen molar-refractivity contribution in [2.45, 2.75) is 33.2 Å². The molecule has 0 spiro atoms. The number of nitrogens with zero attached hydrogens (tertiary/aromatic N) is 3. The maximum atomic E-state index is 11.7. The summed E-state index contributed by atoms with van der Waals surface area (Å²) in [7, 11) is 0. The first-order chi connectivity index (χ1) is 7.19. The second kappa shape index (κ2) is 5.60. The predicted molar refractivity (Wildman–Crippen MR) is 57.2 cm³/mol. The van der Waals surface area contributed by atoms with Crippen molar-refractivity contribution >= 4 is 5.78 Å². The van der Waals surface area contributed by atoms with Gasteiger partial charge in [-0.3, -0.25) is 4.79 Å². The Morgan fingerprint density at radius 2 is 2.40 bits per heavy atom. The molecule has 0 aromatic carbocycles. The number of carbonyl (C=O) groups excluding carboxylic acids is 1. The number of aryl methyl sites for hydroxylation is 1. The third-order valence-corrected chi connectivity index (χ3v) is 2.48. The molecule has 5 nitrogen and oxygen atoms in total. The molecule has 0 radical (unpaired) electrons. The highest BCUT2D eigenvalue weighted by Gasteiger charge is 2.15. The SMILES string of the molecule is CCn1ncnc1CC(=O)C(C)CCN. The lowest BCUT2D eigenvalue weighted by Gasteiger charge is -2.08. The normalized spacial score (nSPS) is 12.7. The number of aromatic nitrogens is 3. The van der Waals surface area contributed by atoms with Crippen molar-refractivity contribution in [2.24, 2.45) is 11.7 Å². The van der Waals surface area contributed by atoms with Crippen LogP contribution in [0.2, 0.25) is 0 Å². The van der Waals surface area contributed by atoms with E-state index in [-0.39, 0.29) is 11.7 Å². The summed E-state index contributed by atoms with van der Waals surface area (Å²) >= 11 is 0. The Bertz CT molecular complexity index is 321. The zero-order chi connectivity index (χ0) is 11.3. The highest BCUT2D eigenvalue weighted by molar-refractivity contribution is 5.82. The van der Waals surface area contributed by atoms with Crippen molar-refractivity contribution in [3.8, 4) is 0 Å². The van der Waals surface area contributed by atoms with Crippen LogP contribution in [0.5, 0.6) is 0 Å². The van der Waals surface area contributed by atoms with E-state index in [1.54, 1.807) is 4.68 Å². The van der Waals surface area contributed by atoms with E-state index < -0.39 is 0 Å². The van der Waals surface area contributed by atoms with Crippen molar-refractivity contribution in [3.05, 3.63) is 12.2 Å². The molecule has 0 aliphatic rings. The lowest BCUT2D eigenvalue weighted by molar-refractivity contribution is -0.122. The van der Waals surface area contributed by atoms with Crippen LogP contribution in [0.4, 0.5) is 0 Å². The lowest BCUT2D eigenvalue weighted by atomic mass is 10.00. The van der Waals surface area contributed by atoms with Gasteiger partial charge in [-0.2, -0.15) is 5.10 Å². The first kappa shape index (κ1) is 11.8. The molecule has 84 valence electrons. The fourth-order valence-corrected chi connectivity index (χ4v) is 1.43. The molecule has 1 atom stereocenters. The minimum Gasteiger partial charge on any atom is -0.330 e. The lowest BCUT2D eigenvalue weighted by Crippen LogP contribution is -2.19. The maximum absolute atomic E-state index is 11.7. The molecular formula is C10H18N4O. The summed E-state index contributed by atoms with van der Waals surface area (Å²) in [5, 5.41) is 4.02. The molecule has 2 N–H and O–H groups in total. The van der Waals surface area contributed by atoms with Gasteiger partial charge in [-0.25, -0.2) is 9.67 Å². The van der Waals surface area contributed by atoms with Crippen molar-refractivity contribution in [2.75, 3.05) is 6.54 Å². The van der Waals surface area contributed by atoms with Gasteiger partial charge in [-0.1, -0.05) is 6.92 Å². The molecule has 0 aliphatic carbocycles. The number of ketones is 1. The molecule has 5 heteroatoms. The van der Waals surface area contributed by atoms with Gasteiger partial charge in [0.05, 0.1) is 6.42 Å². The molecule has 1 heterocycles. The van der Waals surface area contributed by atoms with Crippen LogP contribution in [0.3, 0.4) is 0 Å². The topological polar surface area (TPSA) is 73.8 Å². The smallest absolute Gasteiger partial charge is 0.143 e. The van der Waals surface area contributed by atoms with Crippen LogP contribution in [0.15, 0.2) is 6.33 Å². The van der Waals surface area contributed by atoms with Gasteiger partial charge in [0.15, 0.2) is 0 Å². The molecule has 0 saturated carbocycles. The summed E-state index contributed by atoms with van der Waals surface area (Å²) in [6.45, 7) is 5.18. The molecule has 15 heavy (non-hydrogen) atoms. The van der Waals surface area contributed by atoms with Crippen molar-refractivity contribution < 1.29 is 4.79 Å². The van der Waals surface area contributed by atoms with Crippen LogP contribution < -0.4 is 5.73 Å². The van der Waals surface area contributed by atoms with Crippen LogP contribution in [-0.4, -0.2) is 27.1 Å². The first-order valence-corrected chi connectivity index (χ1v) is 5.28. The van der Waals surface area contributed by atoms with Crippen LogP contribution in [0, 0.1) is 5.92 Å². The summed E-state index contributed by atoms with van der Waals surface area (Å²) in [6.07, 6.45) is 2.58. The molecule has 0 bridgehead atoms. The number of hydrogen-bond acceptors (Lipinski definition) is 4. The predicted octanol–water partition coefficient (Wildman–Crippen LogP) is 0.394. The quantitative estimate of drug-likeness (QED) is 0.737. The summed E-state index contributed by atoms with van der Waals surface area (Å²) in [5.74, 6) is 0.937. The first-order valence-electron chi connectivity index (χ1n) is 5.28. The van der Waals surface area contributed by atoms with Gasteiger partial charge in [-0.15, -0.1) is 0 Å². The zero-order valence-corrected chi connectivity index (χ0v) is 9.31. The molecule has 0 saturated heterocycles. The van der Waals surface area contributed by atoms with Crippen molar-refractivity contribution in [1.29, 1.82) is 0 Å². The van der Waals surface area contributed by atoms with Crippen molar-refractivity contribution in [3.63, 3.8) is 0 Å².